The van der Waals surface area contributed by atoms with Crippen LogP contribution in [0.1, 0.15) is 19.3 Å². The van der Waals surface area contributed by atoms with Crippen molar-refractivity contribution < 1.29 is 4.74 Å². The smallest absolute Gasteiger partial charge is 0.0844 e. The third kappa shape index (κ3) is 1.85. The molecule has 0 amide bonds. The highest BCUT2D eigenvalue weighted by Crippen LogP contribution is 2.41. The second-order valence-electron chi connectivity index (χ2n) is 4.52. The van der Waals surface area contributed by atoms with Gasteiger partial charge in [0, 0.05) is 8.80 Å². The van der Waals surface area contributed by atoms with E-state index in [2.05, 4.69) is 13.1 Å². The van der Waals surface area contributed by atoms with Crippen LogP contribution in [0.3, 0.4) is 0 Å². The highest BCUT2D eigenvalue weighted by molar-refractivity contribution is 6.55. The van der Waals surface area contributed by atoms with E-state index < -0.39 is 0 Å². The minimum Gasteiger partial charge on any atom is -0.370 e. The molecular formula is C9H18OSi. The maximum Gasteiger partial charge on any atom is 0.0844 e. The topological polar surface area (TPSA) is 12.5 Å². The maximum absolute atomic E-state index is 5.51. The summed E-state index contributed by atoms with van der Waals surface area (Å²) in [5, 5.41) is 0. The van der Waals surface area contributed by atoms with Crippen LogP contribution in [0.15, 0.2) is 0 Å². The normalized spacial score (nSPS) is 42.3. The van der Waals surface area contributed by atoms with E-state index in [-0.39, 0.29) is 8.80 Å². The number of rotatable bonds is 2. The van der Waals surface area contributed by atoms with Gasteiger partial charge in [-0.25, -0.2) is 0 Å². The Labute approximate surface area is 70.7 Å². The molecule has 3 atom stereocenters. The minimum absolute atomic E-state index is 0.308. The Morgan fingerprint density at radius 3 is 2.73 bits per heavy atom. The number of hydrogen-bond acceptors (Lipinski definition) is 1. The summed E-state index contributed by atoms with van der Waals surface area (Å²) in [5.74, 6) is 1.03. The lowest BCUT2D eigenvalue weighted by molar-refractivity contribution is 0.367. The highest BCUT2D eigenvalue weighted by atomic mass is 28.3. The number of fused-ring (bicyclic) bond motifs is 1. The molecule has 3 unspecified atom stereocenters. The van der Waals surface area contributed by atoms with Gasteiger partial charge < -0.3 is 4.74 Å². The molecule has 0 N–H and O–H groups in total. The van der Waals surface area contributed by atoms with E-state index in [1.165, 1.54) is 19.3 Å². The van der Waals surface area contributed by atoms with E-state index in [1.54, 1.807) is 6.04 Å². The maximum atomic E-state index is 5.51. The van der Waals surface area contributed by atoms with Gasteiger partial charge in [0.05, 0.1) is 12.2 Å². The van der Waals surface area contributed by atoms with Gasteiger partial charge in [-0.05, 0) is 25.2 Å². The zero-order valence-electron chi connectivity index (χ0n) is 7.55. The molecule has 0 aromatic carbocycles. The molecule has 0 aromatic rings. The Balaban J connectivity index is 1.76. The van der Waals surface area contributed by atoms with Crippen LogP contribution < -0.4 is 0 Å². The van der Waals surface area contributed by atoms with Gasteiger partial charge in [-0.15, -0.1) is 0 Å². The fourth-order valence-corrected chi connectivity index (χ4v) is 4.13. The predicted molar refractivity (Wildman–Crippen MR) is 49.7 cm³/mol. The standard InChI is InChI=1S/C9H18OSi/c1-11(2)6-7-3-4-8-9(5-7)10-8/h7-9,11H,3-6H2,1-2H3. The lowest BCUT2D eigenvalue weighted by atomic mass is 9.91. The monoisotopic (exact) mass is 170 g/mol. The molecule has 0 spiro atoms. The first-order chi connectivity index (χ1) is 5.25. The predicted octanol–water partition coefficient (Wildman–Crippen LogP) is 2.04. The van der Waals surface area contributed by atoms with Crippen molar-refractivity contribution in [1.29, 1.82) is 0 Å². The molecule has 1 saturated carbocycles. The third-order valence-corrected chi connectivity index (χ3v) is 4.53. The van der Waals surface area contributed by atoms with Crippen LogP contribution in [-0.4, -0.2) is 21.0 Å². The summed E-state index contributed by atoms with van der Waals surface area (Å²) in [7, 11) is -0.308. The molecule has 2 rings (SSSR count). The largest absolute Gasteiger partial charge is 0.370 e. The summed E-state index contributed by atoms with van der Waals surface area (Å²) in [6, 6.07) is 1.55. The molecule has 64 valence electrons. The van der Waals surface area contributed by atoms with Crippen LogP contribution in [0.5, 0.6) is 0 Å². The number of hydrogen-bond donors (Lipinski definition) is 0. The fourth-order valence-electron chi connectivity index (χ4n) is 2.37. The molecule has 1 heterocycles. The van der Waals surface area contributed by atoms with Gasteiger partial charge in [-0.1, -0.05) is 19.1 Å². The summed E-state index contributed by atoms with van der Waals surface area (Å²) < 4.78 is 5.51. The van der Waals surface area contributed by atoms with Crippen molar-refractivity contribution in [3.8, 4) is 0 Å². The van der Waals surface area contributed by atoms with E-state index in [1.807, 2.05) is 0 Å². The Morgan fingerprint density at radius 2 is 2.09 bits per heavy atom. The van der Waals surface area contributed by atoms with Crippen LogP contribution >= 0.6 is 0 Å². The highest BCUT2D eigenvalue weighted by Gasteiger charge is 2.43. The number of epoxide rings is 1. The molecule has 1 aliphatic heterocycles. The van der Waals surface area contributed by atoms with Gasteiger partial charge in [0.2, 0.25) is 0 Å². The molecule has 1 saturated heterocycles. The van der Waals surface area contributed by atoms with Crippen molar-refractivity contribution in [3.63, 3.8) is 0 Å². The van der Waals surface area contributed by atoms with Gasteiger partial charge in [-0.2, -0.15) is 0 Å². The van der Waals surface area contributed by atoms with E-state index in [9.17, 15) is 0 Å². The summed E-state index contributed by atoms with van der Waals surface area (Å²) in [6.07, 6.45) is 5.58. The Bertz CT molecular complexity index is 144. The second kappa shape index (κ2) is 2.90. The molecule has 2 heteroatoms. The Morgan fingerprint density at radius 1 is 1.27 bits per heavy atom. The minimum atomic E-state index is -0.308. The quantitative estimate of drug-likeness (QED) is 0.456. The Kier molecular flexibility index (Phi) is 2.06. The first kappa shape index (κ1) is 7.81. The van der Waals surface area contributed by atoms with E-state index >= 15 is 0 Å². The van der Waals surface area contributed by atoms with Crippen molar-refractivity contribution in [2.45, 2.75) is 50.6 Å². The van der Waals surface area contributed by atoms with Crippen molar-refractivity contribution in [2.24, 2.45) is 5.92 Å². The molecule has 1 aliphatic carbocycles. The summed E-state index contributed by atoms with van der Waals surface area (Å²) in [4.78, 5) is 0. The Hall–Kier alpha value is 0.177. The second-order valence-corrected chi connectivity index (χ2v) is 7.78. The number of ether oxygens (including phenoxy) is 1. The average Bonchev–Trinajstić information content (AvgIpc) is 2.63. The van der Waals surface area contributed by atoms with Gasteiger partial charge in [-0.3, -0.25) is 0 Å². The van der Waals surface area contributed by atoms with Crippen molar-refractivity contribution in [2.75, 3.05) is 0 Å². The van der Waals surface area contributed by atoms with Gasteiger partial charge in [0.25, 0.3) is 0 Å². The summed E-state index contributed by atoms with van der Waals surface area (Å²) >= 11 is 0. The molecule has 2 aliphatic rings. The van der Waals surface area contributed by atoms with E-state index in [4.69, 9.17) is 4.74 Å². The van der Waals surface area contributed by atoms with Crippen molar-refractivity contribution in [1.82, 2.24) is 0 Å². The summed E-state index contributed by atoms with van der Waals surface area (Å²) in [5.41, 5.74) is 0. The SMILES string of the molecule is C[SiH](C)CC1CCC2OC2C1. The van der Waals surface area contributed by atoms with Crippen LogP contribution in [0, 0.1) is 5.92 Å². The summed E-state index contributed by atoms with van der Waals surface area (Å²) in [6.45, 7) is 4.92. The van der Waals surface area contributed by atoms with Crippen LogP contribution in [-0.2, 0) is 4.74 Å². The van der Waals surface area contributed by atoms with Crippen LogP contribution in [0.4, 0.5) is 0 Å². The fraction of sp³-hybridized carbons (Fsp3) is 1.00. The average molecular weight is 170 g/mol. The van der Waals surface area contributed by atoms with E-state index in [0.29, 0.717) is 12.2 Å². The lowest BCUT2D eigenvalue weighted by Crippen LogP contribution is -2.17. The first-order valence-corrected chi connectivity index (χ1v) is 8.03. The third-order valence-electron chi connectivity index (χ3n) is 2.92. The molecular weight excluding hydrogens is 152 g/mol. The molecule has 2 fully saturated rings. The lowest BCUT2D eigenvalue weighted by Gasteiger charge is -2.19. The van der Waals surface area contributed by atoms with Gasteiger partial charge >= 0.3 is 0 Å². The molecule has 0 radical (unpaired) electrons. The van der Waals surface area contributed by atoms with Crippen molar-refractivity contribution in [3.05, 3.63) is 0 Å². The van der Waals surface area contributed by atoms with E-state index in [0.717, 1.165) is 5.92 Å². The van der Waals surface area contributed by atoms with Gasteiger partial charge in [0.15, 0.2) is 0 Å². The zero-order valence-corrected chi connectivity index (χ0v) is 8.70. The van der Waals surface area contributed by atoms with Crippen LogP contribution in [0.25, 0.3) is 0 Å². The van der Waals surface area contributed by atoms with Crippen molar-refractivity contribution >= 4 is 8.80 Å². The molecule has 1 nitrogen and oxygen atoms in total. The molecule has 11 heavy (non-hydrogen) atoms. The first-order valence-electron chi connectivity index (χ1n) is 4.91. The van der Waals surface area contributed by atoms with Gasteiger partial charge in [0.1, 0.15) is 0 Å². The zero-order chi connectivity index (χ0) is 7.84. The molecule has 0 aromatic heterocycles. The molecule has 0 bridgehead atoms. The van der Waals surface area contributed by atoms with Crippen LogP contribution in [0.2, 0.25) is 19.1 Å².